The van der Waals surface area contributed by atoms with Gasteiger partial charge in [-0.15, -0.1) is 5.10 Å². The van der Waals surface area contributed by atoms with E-state index in [1.54, 1.807) is 12.1 Å². The van der Waals surface area contributed by atoms with Gasteiger partial charge in [0, 0.05) is 24.1 Å². The SMILES string of the molecule is Cc1ccc(-c2cc(OC[C@H]3CCNC3)nn2-c2ccc(C#N)cc2)cc1. The minimum absolute atomic E-state index is 0.535. The molecule has 1 aliphatic heterocycles. The molecule has 1 atom stereocenters. The summed E-state index contributed by atoms with van der Waals surface area (Å²) < 4.78 is 7.88. The molecular weight excluding hydrogens is 336 g/mol. The van der Waals surface area contributed by atoms with E-state index < -0.39 is 0 Å². The number of nitrogens with zero attached hydrogens (tertiary/aromatic N) is 3. The molecular formula is C22H22N4O. The number of hydrogen-bond donors (Lipinski definition) is 1. The van der Waals surface area contributed by atoms with Crippen molar-refractivity contribution in [1.29, 1.82) is 5.26 Å². The molecule has 0 unspecified atom stereocenters. The van der Waals surface area contributed by atoms with Gasteiger partial charge in [-0.3, -0.25) is 0 Å². The van der Waals surface area contributed by atoms with Gasteiger partial charge in [-0.25, -0.2) is 4.68 Å². The summed E-state index contributed by atoms with van der Waals surface area (Å²) in [5, 5.41) is 17.1. The van der Waals surface area contributed by atoms with Crippen molar-refractivity contribution in [3.8, 4) is 28.9 Å². The third-order valence-corrected chi connectivity index (χ3v) is 4.90. The number of nitrogens with one attached hydrogen (secondary N) is 1. The highest BCUT2D eigenvalue weighted by Crippen LogP contribution is 2.28. The Hall–Kier alpha value is -3.10. The lowest BCUT2D eigenvalue weighted by atomic mass is 10.1. The normalized spacial score (nSPS) is 16.2. The average Bonchev–Trinajstić information content (AvgIpc) is 3.37. The molecule has 1 N–H and O–H groups in total. The van der Waals surface area contributed by atoms with Gasteiger partial charge in [0.25, 0.3) is 0 Å². The lowest BCUT2D eigenvalue weighted by Crippen LogP contribution is -2.15. The third-order valence-electron chi connectivity index (χ3n) is 4.90. The van der Waals surface area contributed by atoms with E-state index in [9.17, 15) is 0 Å². The molecule has 0 saturated carbocycles. The van der Waals surface area contributed by atoms with Crippen molar-refractivity contribution in [2.45, 2.75) is 13.3 Å². The summed E-state index contributed by atoms with van der Waals surface area (Å²) >= 11 is 0. The summed E-state index contributed by atoms with van der Waals surface area (Å²) in [7, 11) is 0. The molecule has 0 aliphatic carbocycles. The highest BCUT2D eigenvalue weighted by atomic mass is 16.5. The van der Waals surface area contributed by atoms with Crippen molar-refractivity contribution in [3.05, 3.63) is 65.7 Å². The van der Waals surface area contributed by atoms with Crippen molar-refractivity contribution < 1.29 is 4.74 Å². The molecule has 1 aromatic heterocycles. The Balaban J connectivity index is 1.67. The van der Waals surface area contributed by atoms with E-state index in [0.29, 0.717) is 24.0 Å². The Labute approximate surface area is 159 Å². The second-order valence-corrected chi connectivity index (χ2v) is 6.97. The molecule has 2 heterocycles. The van der Waals surface area contributed by atoms with Gasteiger partial charge in [-0.2, -0.15) is 5.26 Å². The largest absolute Gasteiger partial charge is 0.476 e. The second-order valence-electron chi connectivity index (χ2n) is 6.97. The molecule has 5 nitrogen and oxygen atoms in total. The highest BCUT2D eigenvalue weighted by Gasteiger charge is 2.17. The molecule has 1 saturated heterocycles. The van der Waals surface area contributed by atoms with Crippen LogP contribution in [0.5, 0.6) is 5.88 Å². The first kappa shape index (κ1) is 17.3. The highest BCUT2D eigenvalue weighted by molar-refractivity contribution is 5.64. The maximum absolute atomic E-state index is 9.04. The number of aryl methyl sites for hydroxylation is 1. The summed E-state index contributed by atoms with van der Waals surface area (Å²) in [5.74, 6) is 1.16. The zero-order valence-corrected chi connectivity index (χ0v) is 15.4. The summed E-state index contributed by atoms with van der Waals surface area (Å²) in [4.78, 5) is 0. The topological polar surface area (TPSA) is 62.9 Å². The van der Waals surface area contributed by atoms with Gasteiger partial charge in [0.2, 0.25) is 5.88 Å². The third kappa shape index (κ3) is 3.86. The molecule has 2 aromatic carbocycles. The number of nitriles is 1. The van der Waals surface area contributed by atoms with Crippen LogP contribution in [0.3, 0.4) is 0 Å². The molecule has 1 aliphatic rings. The molecule has 3 aromatic rings. The van der Waals surface area contributed by atoms with E-state index in [2.05, 4.69) is 47.7 Å². The van der Waals surface area contributed by atoms with Crippen LogP contribution < -0.4 is 10.1 Å². The Bertz CT molecular complexity index is 945. The van der Waals surface area contributed by atoms with Crippen LogP contribution in [0, 0.1) is 24.2 Å². The van der Waals surface area contributed by atoms with Crippen molar-refractivity contribution in [2.24, 2.45) is 5.92 Å². The fourth-order valence-electron chi connectivity index (χ4n) is 3.29. The van der Waals surface area contributed by atoms with E-state index in [0.717, 1.165) is 36.5 Å². The molecule has 5 heteroatoms. The van der Waals surface area contributed by atoms with Crippen LogP contribution in [0.1, 0.15) is 17.5 Å². The van der Waals surface area contributed by atoms with E-state index in [1.807, 2.05) is 22.9 Å². The van der Waals surface area contributed by atoms with Crippen LogP contribution in [0.2, 0.25) is 0 Å². The summed E-state index contributed by atoms with van der Waals surface area (Å²) in [5.41, 5.74) is 4.80. The molecule has 27 heavy (non-hydrogen) atoms. The fourth-order valence-corrected chi connectivity index (χ4v) is 3.29. The van der Waals surface area contributed by atoms with Gasteiger partial charge < -0.3 is 10.1 Å². The van der Waals surface area contributed by atoms with Crippen LogP contribution in [-0.4, -0.2) is 29.5 Å². The van der Waals surface area contributed by atoms with E-state index in [-0.39, 0.29) is 0 Å². The van der Waals surface area contributed by atoms with Crippen LogP contribution in [-0.2, 0) is 0 Å². The van der Waals surface area contributed by atoms with Crippen LogP contribution in [0.4, 0.5) is 0 Å². The van der Waals surface area contributed by atoms with E-state index in [4.69, 9.17) is 10.00 Å². The second kappa shape index (κ2) is 7.65. The van der Waals surface area contributed by atoms with Crippen LogP contribution in [0.15, 0.2) is 54.6 Å². The number of aromatic nitrogens is 2. The van der Waals surface area contributed by atoms with Gasteiger partial charge in [0.1, 0.15) is 0 Å². The zero-order valence-electron chi connectivity index (χ0n) is 15.4. The average molecular weight is 358 g/mol. The number of hydrogen-bond acceptors (Lipinski definition) is 4. The molecule has 1 fully saturated rings. The van der Waals surface area contributed by atoms with E-state index >= 15 is 0 Å². The fraction of sp³-hybridized carbons (Fsp3) is 0.273. The Kier molecular flexibility index (Phi) is 4.91. The van der Waals surface area contributed by atoms with Crippen LogP contribution in [0.25, 0.3) is 16.9 Å². The Morgan fingerprint density at radius 2 is 1.96 bits per heavy atom. The smallest absolute Gasteiger partial charge is 0.233 e. The number of rotatable bonds is 5. The van der Waals surface area contributed by atoms with Gasteiger partial charge >= 0.3 is 0 Å². The van der Waals surface area contributed by atoms with Crippen molar-refractivity contribution in [1.82, 2.24) is 15.1 Å². The zero-order chi connectivity index (χ0) is 18.6. The quantitative estimate of drug-likeness (QED) is 0.755. The molecule has 136 valence electrons. The predicted molar refractivity (Wildman–Crippen MR) is 105 cm³/mol. The predicted octanol–water partition coefficient (Wildman–Crippen LogP) is 3.71. The minimum Gasteiger partial charge on any atom is -0.476 e. The van der Waals surface area contributed by atoms with Crippen molar-refractivity contribution >= 4 is 0 Å². The standard InChI is InChI=1S/C22H22N4O/c1-16-2-6-19(7-3-16)21-12-22(27-15-18-10-11-24-14-18)25-26(21)20-8-4-17(13-23)5-9-20/h2-9,12,18,24H,10-11,14-15H2,1H3/t18-/m0/s1. The lowest BCUT2D eigenvalue weighted by molar-refractivity contribution is 0.250. The summed E-state index contributed by atoms with van der Waals surface area (Å²) in [6.07, 6.45) is 1.14. The molecule has 0 radical (unpaired) electrons. The maximum Gasteiger partial charge on any atom is 0.233 e. The van der Waals surface area contributed by atoms with Gasteiger partial charge in [-0.05, 0) is 44.2 Å². The number of benzene rings is 2. The Morgan fingerprint density at radius 3 is 2.63 bits per heavy atom. The van der Waals surface area contributed by atoms with Gasteiger partial charge in [0.05, 0.1) is 29.6 Å². The first-order chi connectivity index (χ1) is 13.2. The van der Waals surface area contributed by atoms with Crippen LogP contribution >= 0.6 is 0 Å². The monoisotopic (exact) mass is 358 g/mol. The van der Waals surface area contributed by atoms with Crippen molar-refractivity contribution in [2.75, 3.05) is 19.7 Å². The minimum atomic E-state index is 0.535. The molecule has 4 rings (SSSR count). The first-order valence-electron chi connectivity index (χ1n) is 9.24. The Morgan fingerprint density at radius 1 is 1.19 bits per heavy atom. The first-order valence-corrected chi connectivity index (χ1v) is 9.24. The summed E-state index contributed by atoms with van der Waals surface area (Å²) in [6.45, 7) is 4.81. The van der Waals surface area contributed by atoms with Gasteiger partial charge in [0.15, 0.2) is 0 Å². The molecule has 0 bridgehead atoms. The van der Waals surface area contributed by atoms with E-state index in [1.165, 1.54) is 5.56 Å². The van der Waals surface area contributed by atoms with Gasteiger partial charge in [-0.1, -0.05) is 29.8 Å². The lowest BCUT2D eigenvalue weighted by Gasteiger charge is -2.08. The maximum atomic E-state index is 9.04. The summed E-state index contributed by atoms with van der Waals surface area (Å²) in [6, 6.07) is 20.0. The number of ether oxygens (including phenoxy) is 1. The molecule has 0 amide bonds. The van der Waals surface area contributed by atoms with Crippen molar-refractivity contribution in [3.63, 3.8) is 0 Å². The molecule has 0 spiro atoms.